The van der Waals surface area contributed by atoms with Gasteiger partial charge >= 0.3 is 0 Å². The summed E-state index contributed by atoms with van der Waals surface area (Å²) in [5.41, 5.74) is 13.5. The molecule has 9 aromatic heterocycles. The summed E-state index contributed by atoms with van der Waals surface area (Å²) in [6, 6.07) is 42.6. The van der Waals surface area contributed by atoms with E-state index in [4.69, 9.17) is 20.1 Å². The van der Waals surface area contributed by atoms with Gasteiger partial charge in [-0.2, -0.15) is 5.10 Å². The Morgan fingerprint density at radius 1 is 0.583 bits per heavy atom. The fourth-order valence-corrected chi connectivity index (χ4v) is 9.74. The minimum Gasteiger partial charge on any atom is -0.360 e. The molecule has 11 heteroatoms. The Kier molecular flexibility index (Phi) is 6.95. The zero-order valence-electron chi connectivity index (χ0n) is 31.6. The van der Waals surface area contributed by atoms with E-state index in [2.05, 4.69) is 157 Å². The predicted molar refractivity (Wildman–Crippen MR) is 242 cm³/mol. The first-order chi connectivity index (χ1) is 29.7. The Balaban J connectivity index is 1.32. The van der Waals surface area contributed by atoms with Crippen LogP contribution >= 0.6 is 11.3 Å². The van der Waals surface area contributed by atoms with Crippen molar-refractivity contribution < 1.29 is 0 Å². The van der Waals surface area contributed by atoms with Crippen LogP contribution in [0.2, 0.25) is 0 Å². The summed E-state index contributed by atoms with van der Waals surface area (Å²) in [5.74, 6) is 0.463. The van der Waals surface area contributed by atoms with Crippen LogP contribution in [0.25, 0.3) is 127 Å². The quantitative estimate of drug-likeness (QED) is 0.133. The van der Waals surface area contributed by atoms with Crippen molar-refractivity contribution in [1.82, 2.24) is 49.5 Å². The van der Waals surface area contributed by atoms with Crippen molar-refractivity contribution in [1.29, 1.82) is 0 Å². The first-order valence-corrected chi connectivity index (χ1v) is 20.5. The van der Waals surface area contributed by atoms with Crippen molar-refractivity contribution in [3.63, 3.8) is 0 Å². The first-order valence-electron chi connectivity index (χ1n) is 19.6. The molecule has 0 unspecified atom stereocenters. The van der Waals surface area contributed by atoms with Crippen LogP contribution in [0.3, 0.4) is 0 Å². The molecule has 0 atom stereocenters. The van der Waals surface area contributed by atoms with Gasteiger partial charge in [0.15, 0.2) is 11.5 Å². The number of hydrogen-bond acceptors (Lipinski definition) is 6. The Morgan fingerprint density at radius 2 is 1.43 bits per heavy atom. The number of imidazole rings is 1. The average molecular weight is 791 g/mol. The lowest BCUT2D eigenvalue weighted by Gasteiger charge is -2.22. The van der Waals surface area contributed by atoms with Gasteiger partial charge < -0.3 is 19.4 Å². The van der Waals surface area contributed by atoms with E-state index in [1.807, 2.05) is 18.2 Å². The Labute approximate surface area is 344 Å². The number of aromatic nitrogens is 10. The molecule has 0 aliphatic rings. The zero-order valence-corrected chi connectivity index (χ0v) is 32.4. The minimum absolute atomic E-state index is 0.463. The molecule has 60 heavy (non-hydrogen) atoms. The van der Waals surface area contributed by atoms with Gasteiger partial charge in [0, 0.05) is 89.4 Å². The third kappa shape index (κ3) is 4.84. The summed E-state index contributed by atoms with van der Waals surface area (Å²) in [4.78, 5) is 32.2. The smallest absolute Gasteiger partial charge is 0.181 e. The van der Waals surface area contributed by atoms with Crippen molar-refractivity contribution in [2.75, 3.05) is 0 Å². The standard InChI is InChI=1S/C49H30N10S/c1-3-12-29-28(11-1)24-50-44(29)43-40(31-18-20-59-19-8-7-16-38(31)59)32(39-17-9-21-60-39)23-33-41(43)42(36-22-27-10-2-5-14-34(27)54-36)47(45-30-13-4-6-15-35(30)57-58-45)55-46(33)49-51-25-37-48(56-49)53-26-52-37/h1-26,50,54H,(H,57,58)(H,51,52,53,56). The second-order valence-electron chi connectivity index (χ2n) is 15.0. The van der Waals surface area contributed by atoms with E-state index < -0.39 is 0 Å². The highest BCUT2D eigenvalue weighted by molar-refractivity contribution is 7.13. The molecule has 0 aliphatic carbocycles. The third-order valence-electron chi connectivity index (χ3n) is 11.7. The fraction of sp³-hybridized carbons (Fsp3) is 0. The number of thiophene rings is 1. The fourth-order valence-electron chi connectivity index (χ4n) is 8.99. The first kappa shape index (κ1) is 32.9. The summed E-state index contributed by atoms with van der Waals surface area (Å²) in [6.45, 7) is 0. The van der Waals surface area contributed by atoms with Crippen LogP contribution in [0.1, 0.15) is 0 Å². The van der Waals surface area contributed by atoms with E-state index >= 15 is 0 Å². The van der Waals surface area contributed by atoms with Gasteiger partial charge in [0.05, 0.1) is 29.3 Å². The molecule has 0 spiro atoms. The number of rotatable bonds is 6. The van der Waals surface area contributed by atoms with E-state index in [9.17, 15) is 0 Å². The van der Waals surface area contributed by atoms with Gasteiger partial charge in [0.1, 0.15) is 22.6 Å². The van der Waals surface area contributed by atoms with Crippen molar-refractivity contribution in [2.45, 2.75) is 0 Å². The lowest BCUT2D eigenvalue weighted by molar-refractivity contribution is 1.11. The molecular formula is C49H30N10S. The van der Waals surface area contributed by atoms with Crippen molar-refractivity contribution in [2.24, 2.45) is 0 Å². The number of hydrogen-bond donors (Lipinski definition) is 4. The topological polar surface area (TPSA) is 132 Å². The second-order valence-corrected chi connectivity index (χ2v) is 15.9. The number of pyridine rings is 2. The molecule has 13 rings (SSSR count). The number of nitrogens with one attached hydrogen (secondary N) is 4. The summed E-state index contributed by atoms with van der Waals surface area (Å²) >= 11 is 1.72. The van der Waals surface area contributed by atoms with Gasteiger partial charge in [0.25, 0.3) is 0 Å². The molecule has 0 amide bonds. The van der Waals surface area contributed by atoms with Crippen LogP contribution in [0, 0.1) is 0 Å². The molecule has 4 N–H and O–H groups in total. The molecular weight excluding hydrogens is 761 g/mol. The lowest BCUT2D eigenvalue weighted by Crippen LogP contribution is -2.03. The molecule has 13 aromatic rings. The van der Waals surface area contributed by atoms with Gasteiger partial charge in [-0.1, -0.05) is 72.8 Å². The normalized spacial score (nSPS) is 12.0. The molecule has 10 nitrogen and oxygen atoms in total. The van der Waals surface area contributed by atoms with Crippen LogP contribution in [0.5, 0.6) is 0 Å². The third-order valence-corrected chi connectivity index (χ3v) is 12.6. The molecule has 0 fully saturated rings. The van der Waals surface area contributed by atoms with E-state index in [1.165, 1.54) is 0 Å². The van der Waals surface area contributed by atoms with Gasteiger partial charge in [-0.3, -0.25) is 5.10 Å². The highest BCUT2D eigenvalue weighted by Gasteiger charge is 2.31. The lowest BCUT2D eigenvalue weighted by atomic mass is 9.83. The molecule has 0 saturated carbocycles. The molecule has 0 saturated heterocycles. The molecule has 0 radical (unpaired) electrons. The van der Waals surface area contributed by atoms with E-state index in [0.29, 0.717) is 22.9 Å². The van der Waals surface area contributed by atoms with Gasteiger partial charge in [0.2, 0.25) is 0 Å². The van der Waals surface area contributed by atoms with Crippen molar-refractivity contribution in [3.8, 4) is 67.0 Å². The highest BCUT2D eigenvalue weighted by atomic mass is 32.1. The van der Waals surface area contributed by atoms with Crippen molar-refractivity contribution in [3.05, 3.63) is 158 Å². The summed E-state index contributed by atoms with van der Waals surface area (Å²) in [6.07, 6.45) is 9.79. The number of aromatic amines is 4. The Bertz CT molecular complexity index is 3770. The summed E-state index contributed by atoms with van der Waals surface area (Å²) in [5, 5.41) is 16.6. The Hall–Kier alpha value is -8.15. The Morgan fingerprint density at radius 3 is 2.33 bits per heavy atom. The maximum absolute atomic E-state index is 5.67. The maximum Gasteiger partial charge on any atom is 0.181 e. The molecule has 0 aliphatic heterocycles. The molecule has 4 aromatic carbocycles. The maximum atomic E-state index is 5.67. The zero-order chi connectivity index (χ0) is 39.3. The van der Waals surface area contributed by atoms with Crippen molar-refractivity contribution >= 4 is 71.4 Å². The number of fused-ring (bicyclic) bond motifs is 6. The van der Waals surface area contributed by atoms with E-state index in [0.717, 1.165) is 104 Å². The summed E-state index contributed by atoms with van der Waals surface area (Å²) < 4.78 is 2.19. The van der Waals surface area contributed by atoms with Crippen LogP contribution in [0.4, 0.5) is 0 Å². The molecule has 0 bridgehead atoms. The van der Waals surface area contributed by atoms with Gasteiger partial charge in [-0.15, -0.1) is 11.3 Å². The van der Waals surface area contributed by atoms with E-state index in [1.54, 1.807) is 23.9 Å². The number of benzene rings is 4. The predicted octanol–water partition coefficient (Wildman–Crippen LogP) is 12.1. The SMILES string of the molecule is c1csc(-c2cc3c(-c4ncc5[nH]cnc5n4)nc(-c4n[nH]c5ccccc45)c(-c4cc5ccccc5[nH]4)c3c(-c3[nH]cc4ccccc34)c2-c2ccn3ccccc23)c1. The van der Waals surface area contributed by atoms with Crippen LogP contribution in [-0.2, 0) is 0 Å². The molecule has 9 heterocycles. The van der Waals surface area contributed by atoms with Gasteiger partial charge in [-0.05, 0) is 59.3 Å². The van der Waals surface area contributed by atoms with E-state index in [-0.39, 0.29) is 0 Å². The van der Waals surface area contributed by atoms with Crippen LogP contribution < -0.4 is 0 Å². The van der Waals surface area contributed by atoms with Crippen LogP contribution in [0.15, 0.2) is 158 Å². The minimum atomic E-state index is 0.463. The average Bonchev–Trinajstić information content (AvgIpc) is 4.16. The summed E-state index contributed by atoms with van der Waals surface area (Å²) in [7, 11) is 0. The number of H-pyrrole nitrogens is 4. The highest BCUT2D eigenvalue weighted by Crippen LogP contribution is 2.53. The number of nitrogens with zero attached hydrogens (tertiary/aromatic N) is 6. The van der Waals surface area contributed by atoms with Crippen LogP contribution in [-0.4, -0.2) is 49.5 Å². The largest absolute Gasteiger partial charge is 0.360 e. The monoisotopic (exact) mass is 790 g/mol. The number of para-hydroxylation sites is 2. The molecule has 282 valence electrons. The van der Waals surface area contributed by atoms with Gasteiger partial charge in [-0.25, -0.2) is 19.9 Å². The second kappa shape index (κ2) is 12.7.